The van der Waals surface area contributed by atoms with Crippen molar-refractivity contribution in [2.75, 3.05) is 0 Å². The molecule has 2 rings (SSSR count). The predicted octanol–water partition coefficient (Wildman–Crippen LogP) is 1.04. The number of aromatic nitrogens is 3. The molecule has 6 heteroatoms. The molecule has 0 radical (unpaired) electrons. The summed E-state index contributed by atoms with van der Waals surface area (Å²) in [5.41, 5.74) is 1.18. The third kappa shape index (κ3) is 1.74. The summed E-state index contributed by atoms with van der Waals surface area (Å²) in [7, 11) is 0. The van der Waals surface area contributed by atoms with E-state index in [0.29, 0.717) is 17.0 Å². The van der Waals surface area contributed by atoms with E-state index in [2.05, 4.69) is 15.2 Å². The highest BCUT2D eigenvalue weighted by Crippen LogP contribution is 2.14. The zero-order chi connectivity index (χ0) is 11.5. The van der Waals surface area contributed by atoms with Gasteiger partial charge in [-0.1, -0.05) is 0 Å². The first kappa shape index (κ1) is 9.86. The molecule has 1 aromatic carbocycles. The number of carboxylic acids is 1. The van der Waals surface area contributed by atoms with Crippen LogP contribution in [0.3, 0.4) is 0 Å². The Morgan fingerprint density at radius 3 is 2.56 bits per heavy atom. The highest BCUT2D eigenvalue weighted by molar-refractivity contribution is 5.83. The van der Waals surface area contributed by atoms with E-state index in [4.69, 9.17) is 10.4 Å². The molecule has 1 heterocycles. The van der Waals surface area contributed by atoms with Crippen molar-refractivity contribution < 1.29 is 9.90 Å². The van der Waals surface area contributed by atoms with Crippen molar-refractivity contribution in [3.63, 3.8) is 0 Å². The van der Waals surface area contributed by atoms with E-state index >= 15 is 0 Å². The fraction of sp³-hybridized carbons (Fsp3) is 0. The summed E-state index contributed by atoms with van der Waals surface area (Å²) in [5.74, 6) is -1.08. The number of hydrogen-bond donors (Lipinski definition) is 2. The fourth-order valence-corrected chi connectivity index (χ4v) is 1.18. The molecule has 0 fully saturated rings. The van der Waals surface area contributed by atoms with Gasteiger partial charge in [0.1, 0.15) is 0 Å². The van der Waals surface area contributed by atoms with Gasteiger partial charge < -0.3 is 5.11 Å². The number of aromatic amines is 1. The zero-order valence-corrected chi connectivity index (χ0v) is 8.01. The normalized spacial score (nSPS) is 9.69. The molecule has 0 amide bonds. The fourth-order valence-electron chi connectivity index (χ4n) is 1.18. The van der Waals surface area contributed by atoms with Crippen molar-refractivity contribution in [1.82, 2.24) is 15.2 Å². The predicted molar refractivity (Wildman–Crippen MR) is 53.5 cm³/mol. The Kier molecular flexibility index (Phi) is 2.36. The standard InChI is InChI=1S/C10H6N4O2/c11-5-6-1-3-7(4-2-6)8-12-9(10(15)16)14-13-8/h1-4H,(H,15,16)(H,12,13,14). The second-order valence-corrected chi connectivity index (χ2v) is 3.00. The lowest BCUT2D eigenvalue weighted by molar-refractivity contribution is 0.0684. The van der Waals surface area contributed by atoms with Crippen molar-refractivity contribution in [3.05, 3.63) is 35.7 Å². The lowest BCUT2D eigenvalue weighted by Crippen LogP contribution is -1.98. The zero-order valence-electron chi connectivity index (χ0n) is 8.01. The first-order valence-electron chi connectivity index (χ1n) is 4.37. The average Bonchev–Trinajstić information content (AvgIpc) is 2.78. The van der Waals surface area contributed by atoms with Crippen LogP contribution in [0.15, 0.2) is 24.3 Å². The van der Waals surface area contributed by atoms with Crippen LogP contribution >= 0.6 is 0 Å². The van der Waals surface area contributed by atoms with Gasteiger partial charge in [0.25, 0.3) is 0 Å². The van der Waals surface area contributed by atoms with Gasteiger partial charge in [-0.2, -0.15) is 10.4 Å². The summed E-state index contributed by atoms with van der Waals surface area (Å²) in [6.07, 6.45) is 0. The molecule has 0 aliphatic carbocycles. The summed E-state index contributed by atoms with van der Waals surface area (Å²) < 4.78 is 0. The van der Waals surface area contributed by atoms with Crippen LogP contribution in [0.5, 0.6) is 0 Å². The summed E-state index contributed by atoms with van der Waals surface area (Å²) in [5, 5.41) is 23.3. The molecule has 2 N–H and O–H groups in total. The van der Waals surface area contributed by atoms with Gasteiger partial charge in [0.15, 0.2) is 5.82 Å². The van der Waals surface area contributed by atoms with Crippen LogP contribution < -0.4 is 0 Å². The largest absolute Gasteiger partial charge is 0.475 e. The number of benzene rings is 1. The smallest absolute Gasteiger partial charge is 0.373 e. The van der Waals surface area contributed by atoms with Crippen molar-refractivity contribution in [3.8, 4) is 17.5 Å². The lowest BCUT2D eigenvalue weighted by Gasteiger charge is -1.93. The molecule has 16 heavy (non-hydrogen) atoms. The Morgan fingerprint density at radius 1 is 1.38 bits per heavy atom. The van der Waals surface area contributed by atoms with Gasteiger partial charge in [0.2, 0.25) is 5.82 Å². The quantitative estimate of drug-likeness (QED) is 0.777. The molecule has 0 atom stereocenters. The second-order valence-electron chi connectivity index (χ2n) is 3.00. The maximum absolute atomic E-state index is 10.6. The molecule has 0 bridgehead atoms. The van der Waals surface area contributed by atoms with Gasteiger partial charge in [-0.25, -0.2) is 9.78 Å². The minimum absolute atomic E-state index is 0.209. The molecule has 0 unspecified atom stereocenters. The van der Waals surface area contributed by atoms with Crippen LogP contribution in [-0.4, -0.2) is 26.3 Å². The number of carbonyl (C=O) groups is 1. The molecule has 0 aliphatic rings. The Labute approximate surface area is 90.2 Å². The van der Waals surface area contributed by atoms with Gasteiger partial charge in [-0.15, -0.1) is 0 Å². The first-order valence-corrected chi connectivity index (χ1v) is 4.37. The molecular weight excluding hydrogens is 208 g/mol. The topological polar surface area (TPSA) is 103 Å². The van der Waals surface area contributed by atoms with Crippen LogP contribution in [-0.2, 0) is 0 Å². The molecular formula is C10H6N4O2. The molecule has 78 valence electrons. The van der Waals surface area contributed by atoms with Crippen LogP contribution in [0.2, 0.25) is 0 Å². The van der Waals surface area contributed by atoms with Crippen molar-refractivity contribution in [2.24, 2.45) is 0 Å². The Balaban J connectivity index is 2.36. The van der Waals surface area contributed by atoms with E-state index < -0.39 is 5.97 Å². The molecule has 1 aromatic heterocycles. The minimum Gasteiger partial charge on any atom is -0.475 e. The Hall–Kier alpha value is -2.68. The van der Waals surface area contributed by atoms with Crippen molar-refractivity contribution in [2.45, 2.75) is 0 Å². The van der Waals surface area contributed by atoms with Crippen LogP contribution in [0, 0.1) is 11.3 Å². The minimum atomic E-state index is -1.16. The van der Waals surface area contributed by atoms with Gasteiger partial charge >= 0.3 is 5.97 Å². The summed E-state index contributed by atoms with van der Waals surface area (Å²) in [4.78, 5) is 14.4. The monoisotopic (exact) mass is 214 g/mol. The number of rotatable bonds is 2. The molecule has 0 spiro atoms. The van der Waals surface area contributed by atoms with E-state index in [1.807, 2.05) is 6.07 Å². The number of nitriles is 1. The maximum atomic E-state index is 10.6. The Bertz CT molecular complexity index is 565. The summed E-state index contributed by atoms with van der Waals surface area (Å²) >= 11 is 0. The second kappa shape index (κ2) is 3.82. The molecule has 0 saturated carbocycles. The number of H-pyrrole nitrogens is 1. The van der Waals surface area contributed by atoms with Crippen molar-refractivity contribution in [1.29, 1.82) is 5.26 Å². The van der Waals surface area contributed by atoms with E-state index in [9.17, 15) is 4.79 Å². The van der Waals surface area contributed by atoms with Crippen LogP contribution in [0.25, 0.3) is 11.4 Å². The van der Waals surface area contributed by atoms with E-state index in [-0.39, 0.29) is 5.82 Å². The number of nitrogens with one attached hydrogen (secondary N) is 1. The van der Waals surface area contributed by atoms with Gasteiger partial charge in [-0.05, 0) is 24.3 Å². The lowest BCUT2D eigenvalue weighted by atomic mass is 10.1. The van der Waals surface area contributed by atoms with E-state index in [1.54, 1.807) is 24.3 Å². The third-order valence-corrected chi connectivity index (χ3v) is 1.96. The summed E-state index contributed by atoms with van der Waals surface area (Å²) in [6.45, 7) is 0. The Morgan fingerprint density at radius 2 is 2.06 bits per heavy atom. The van der Waals surface area contributed by atoms with Crippen LogP contribution in [0.4, 0.5) is 0 Å². The summed E-state index contributed by atoms with van der Waals surface area (Å²) in [6, 6.07) is 8.54. The average molecular weight is 214 g/mol. The van der Waals surface area contributed by atoms with Gasteiger partial charge in [-0.3, -0.25) is 5.10 Å². The maximum Gasteiger partial charge on any atom is 0.373 e. The van der Waals surface area contributed by atoms with Gasteiger partial charge in [0.05, 0.1) is 11.6 Å². The molecule has 0 saturated heterocycles. The number of nitrogens with zero attached hydrogens (tertiary/aromatic N) is 3. The molecule has 2 aromatic rings. The molecule has 6 nitrogen and oxygen atoms in total. The van der Waals surface area contributed by atoms with E-state index in [1.165, 1.54) is 0 Å². The van der Waals surface area contributed by atoms with E-state index in [0.717, 1.165) is 0 Å². The molecule has 0 aliphatic heterocycles. The first-order chi connectivity index (χ1) is 7.70. The van der Waals surface area contributed by atoms with Gasteiger partial charge in [0, 0.05) is 5.56 Å². The number of carboxylic acid groups (broad SMARTS) is 1. The third-order valence-electron chi connectivity index (χ3n) is 1.96. The number of hydrogen-bond acceptors (Lipinski definition) is 4. The SMILES string of the molecule is N#Cc1ccc(-c2n[nH]c(C(=O)O)n2)cc1. The highest BCUT2D eigenvalue weighted by Gasteiger charge is 2.10. The highest BCUT2D eigenvalue weighted by atomic mass is 16.4. The van der Waals surface area contributed by atoms with Crippen LogP contribution in [0.1, 0.15) is 16.2 Å². The van der Waals surface area contributed by atoms with Crippen molar-refractivity contribution >= 4 is 5.97 Å². The number of aromatic carboxylic acids is 1.